The van der Waals surface area contributed by atoms with E-state index in [0.717, 1.165) is 26.2 Å². The quantitative estimate of drug-likeness (QED) is 0.847. The van der Waals surface area contributed by atoms with E-state index in [1.165, 1.54) is 5.56 Å². The van der Waals surface area contributed by atoms with Crippen LogP contribution in [0.15, 0.2) is 24.5 Å². The van der Waals surface area contributed by atoms with E-state index in [9.17, 15) is 0 Å². The molecule has 2 heterocycles. The first kappa shape index (κ1) is 12.5. The molecule has 0 spiro atoms. The summed E-state index contributed by atoms with van der Waals surface area (Å²) in [7, 11) is 2.14. The molecule has 94 valence electrons. The summed E-state index contributed by atoms with van der Waals surface area (Å²) >= 11 is 0. The molecule has 2 atom stereocenters. The molecule has 1 aliphatic rings. The SMILES string of the molecule is C[C@@H](NCC1CN(C)CCO1)c1cccnc1. The van der Waals surface area contributed by atoms with Crippen LogP contribution in [0, 0.1) is 0 Å². The van der Waals surface area contributed by atoms with Gasteiger partial charge in [0.05, 0.1) is 12.7 Å². The Morgan fingerprint density at radius 3 is 3.24 bits per heavy atom. The average molecular weight is 235 g/mol. The maximum Gasteiger partial charge on any atom is 0.0826 e. The minimum atomic E-state index is 0.299. The first-order valence-electron chi connectivity index (χ1n) is 6.19. The van der Waals surface area contributed by atoms with E-state index in [1.54, 1.807) is 6.20 Å². The van der Waals surface area contributed by atoms with Gasteiger partial charge in [0.25, 0.3) is 0 Å². The lowest BCUT2D eigenvalue weighted by molar-refractivity contribution is -0.0190. The van der Waals surface area contributed by atoms with E-state index in [4.69, 9.17) is 4.74 Å². The fourth-order valence-electron chi connectivity index (χ4n) is 2.05. The average Bonchev–Trinajstić information content (AvgIpc) is 2.37. The van der Waals surface area contributed by atoms with E-state index < -0.39 is 0 Å². The summed E-state index contributed by atoms with van der Waals surface area (Å²) in [5, 5.41) is 3.50. The molecule has 1 unspecified atom stereocenters. The Morgan fingerprint density at radius 1 is 1.65 bits per heavy atom. The number of nitrogens with one attached hydrogen (secondary N) is 1. The van der Waals surface area contributed by atoms with Crippen molar-refractivity contribution in [3.8, 4) is 0 Å². The summed E-state index contributed by atoms with van der Waals surface area (Å²) in [5.41, 5.74) is 1.22. The molecule has 0 bridgehead atoms. The topological polar surface area (TPSA) is 37.4 Å². The van der Waals surface area contributed by atoms with Crippen LogP contribution in [-0.4, -0.2) is 49.3 Å². The van der Waals surface area contributed by atoms with E-state index in [1.807, 2.05) is 12.3 Å². The second kappa shape index (κ2) is 6.10. The highest BCUT2D eigenvalue weighted by Crippen LogP contribution is 2.10. The first-order chi connectivity index (χ1) is 8.25. The standard InChI is InChI=1S/C13H21N3O/c1-11(12-4-3-5-14-8-12)15-9-13-10-16(2)6-7-17-13/h3-5,8,11,13,15H,6-7,9-10H2,1-2H3/t11-,13?/m1/s1. The Morgan fingerprint density at radius 2 is 2.53 bits per heavy atom. The molecule has 1 aliphatic heterocycles. The molecule has 0 amide bonds. The summed E-state index contributed by atoms with van der Waals surface area (Å²) in [6.45, 7) is 5.93. The molecule has 1 aromatic heterocycles. The number of hydrogen-bond acceptors (Lipinski definition) is 4. The van der Waals surface area contributed by atoms with Crippen LogP contribution in [0.3, 0.4) is 0 Å². The Kier molecular flexibility index (Phi) is 4.48. The van der Waals surface area contributed by atoms with E-state index in [2.05, 4.69) is 35.2 Å². The number of ether oxygens (including phenoxy) is 1. The van der Waals surface area contributed by atoms with E-state index in [-0.39, 0.29) is 0 Å². The fourth-order valence-corrected chi connectivity index (χ4v) is 2.05. The van der Waals surface area contributed by atoms with Crippen molar-refractivity contribution in [1.82, 2.24) is 15.2 Å². The summed E-state index contributed by atoms with van der Waals surface area (Å²) in [5.74, 6) is 0. The molecule has 4 heteroatoms. The maximum atomic E-state index is 5.71. The van der Waals surface area contributed by atoms with Gasteiger partial charge in [-0.3, -0.25) is 4.98 Å². The van der Waals surface area contributed by atoms with Gasteiger partial charge in [-0.2, -0.15) is 0 Å². The fraction of sp³-hybridized carbons (Fsp3) is 0.615. The van der Waals surface area contributed by atoms with Crippen LogP contribution < -0.4 is 5.32 Å². The molecule has 0 aliphatic carbocycles. The van der Waals surface area contributed by atoms with Gasteiger partial charge in [-0.05, 0) is 25.6 Å². The summed E-state index contributed by atoms with van der Waals surface area (Å²) < 4.78 is 5.71. The van der Waals surface area contributed by atoms with Gasteiger partial charge in [0.1, 0.15) is 0 Å². The van der Waals surface area contributed by atoms with Gasteiger partial charge in [0, 0.05) is 38.1 Å². The van der Waals surface area contributed by atoms with Crippen LogP contribution in [0.4, 0.5) is 0 Å². The van der Waals surface area contributed by atoms with Crippen LogP contribution in [0.2, 0.25) is 0 Å². The Bertz CT molecular complexity index is 331. The molecule has 0 radical (unpaired) electrons. The van der Waals surface area contributed by atoms with Crippen molar-refractivity contribution in [2.24, 2.45) is 0 Å². The molecule has 1 aromatic rings. The third-order valence-corrected chi connectivity index (χ3v) is 3.18. The third kappa shape index (κ3) is 3.77. The summed E-state index contributed by atoms with van der Waals surface area (Å²) in [6.07, 6.45) is 4.01. The summed E-state index contributed by atoms with van der Waals surface area (Å²) in [6, 6.07) is 4.39. The van der Waals surface area contributed by atoms with E-state index in [0.29, 0.717) is 12.1 Å². The van der Waals surface area contributed by atoms with Crippen LogP contribution in [-0.2, 0) is 4.74 Å². The number of likely N-dealkylation sites (N-methyl/N-ethyl adjacent to an activating group) is 1. The van der Waals surface area contributed by atoms with Crippen molar-refractivity contribution in [2.45, 2.75) is 19.1 Å². The van der Waals surface area contributed by atoms with Gasteiger partial charge in [-0.25, -0.2) is 0 Å². The van der Waals surface area contributed by atoms with Gasteiger partial charge >= 0.3 is 0 Å². The van der Waals surface area contributed by atoms with Crippen LogP contribution in [0.25, 0.3) is 0 Å². The van der Waals surface area contributed by atoms with Crippen molar-refractivity contribution < 1.29 is 4.74 Å². The number of morpholine rings is 1. The number of pyridine rings is 1. The zero-order valence-electron chi connectivity index (χ0n) is 10.6. The lowest BCUT2D eigenvalue weighted by Crippen LogP contribution is -2.45. The van der Waals surface area contributed by atoms with Gasteiger partial charge in [0.2, 0.25) is 0 Å². The smallest absolute Gasteiger partial charge is 0.0826 e. The van der Waals surface area contributed by atoms with Gasteiger partial charge in [-0.1, -0.05) is 6.07 Å². The molecule has 0 aromatic carbocycles. The van der Waals surface area contributed by atoms with Crippen molar-refractivity contribution >= 4 is 0 Å². The predicted molar refractivity (Wildman–Crippen MR) is 67.9 cm³/mol. The van der Waals surface area contributed by atoms with Gasteiger partial charge in [-0.15, -0.1) is 0 Å². The zero-order chi connectivity index (χ0) is 12.1. The first-order valence-corrected chi connectivity index (χ1v) is 6.19. The Hall–Kier alpha value is -0.970. The molecule has 17 heavy (non-hydrogen) atoms. The minimum Gasteiger partial charge on any atom is -0.374 e. The van der Waals surface area contributed by atoms with Crippen molar-refractivity contribution in [1.29, 1.82) is 0 Å². The van der Waals surface area contributed by atoms with Gasteiger partial charge < -0.3 is 15.0 Å². The van der Waals surface area contributed by atoms with Gasteiger partial charge in [0.15, 0.2) is 0 Å². The van der Waals surface area contributed by atoms with Crippen molar-refractivity contribution in [2.75, 3.05) is 33.3 Å². The predicted octanol–water partition coefficient (Wildman–Crippen LogP) is 1.06. The Balaban J connectivity index is 1.78. The molecule has 2 rings (SSSR count). The van der Waals surface area contributed by atoms with E-state index >= 15 is 0 Å². The minimum absolute atomic E-state index is 0.299. The largest absolute Gasteiger partial charge is 0.374 e. The van der Waals surface area contributed by atoms with Crippen LogP contribution >= 0.6 is 0 Å². The second-order valence-corrected chi connectivity index (χ2v) is 4.67. The monoisotopic (exact) mass is 235 g/mol. The molecule has 1 N–H and O–H groups in total. The molecule has 0 saturated carbocycles. The highest BCUT2D eigenvalue weighted by Gasteiger charge is 2.18. The number of hydrogen-bond donors (Lipinski definition) is 1. The lowest BCUT2D eigenvalue weighted by atomic mass is 10.1. The Labute approximate surface area is 103 Å². The lowest BCUT2D eigenvalue weighted by Gasteiger charge is -2.31. The third-order valence-electron chi connectivity index (χ3n) is 3.18. The number of rotatable bonds is 4. The number of aromatic nitrogens is 1. The summed E-state index contributed by atoms with van der Waals surface area (Å²) in [4.78, 5) is 6.44. The maximum absolute atomic E-state index is 5.71. The van der Waals surface area contributed by atoms with Crippen LogP contribution in [0.1, 0.15) is 18.5 Å². The normalized spacial score (nSPS) is 23.5. The number of nitrogens with zero attached hydrogens (tertiary/aromatic N) is 2. The highest BCUT2D eigenvalue weighted by atomic mass is 16.5. The molecular weight excluding hydrogens is 214 g/mol. The van der Waals surface area contributed by atoms with Crippen LogP contribution in [0.5, 0.6) is 0 Å². The molecule has 4 nitrogen and oxygen atoms in total. The zero-order valence-corrected chi connectivity index (χ0v) is 10.6. The molecule has 1 saturated heterocycles. The molecule has 1 fully saturated rings. The molecular formula is C13H21N3O. The highest BCUT2D eigenvalue weighted by molar-refractivity contribution is 5.12. The van der Waals surface area contributed by atoms with Crippen molar-refractivity contribution in [3.63, 3.8) is 0 Å². The second-order valence-electron chi connectivity index (χ2n) is 4.67. The van der Waals surface area contributed by atoms with Crippen molar-refractivity contribution in [3.05, 3.63) is 30.1 Å².